The Morgan fingerprint density at radius 1 is 1.14 bits per heavy atom. The number of carbonyl (C=O) groups excluding carboxylic acids is 2. The molecule has 2 aromatic heterocycles. The Hall–Kier alpha value is -3.48. The normalized spacial score (nSPS) is 13.7. The summed E-state index contributed by atoms with van der Waals surface area (Å²) in [4.78, 5) is 37.2. The van der Waals surface area contributed by atoms with Gasteiger partial charge in [-0.05, 0) is 98.9 Å². The molecule has 1 fully saturated rings. The number of methoxy groups -OCH3 is 1. The highest BCUT2D eigenvalue weighted by molar-refractivity contribution is 5.90. The third kappa shape index (κ3) is 5.14. The summed E-state index contributed by atoms with van der Waals surface area (Å²) in [6.07, 6.45) is 3.94. The first-order valence-corrected chi connectivity index (χ1v) is 11.8. The van der Waals surface area contributed by atoms with Crippen LogP contribution in [0.3, 0.4) is 0 Å². The van der Waals surface area contributed by atoms with Crippen molar-refractivity contribution in [1.82, 2.24) is 4.40 Å². The van der Waals surface area contributed by atoms with Crippen molar-refractivity contribution < 1.29 is 23.5 Å². The summed E-state index contributed by atoms with van der Waals surface area (Å²) in [6.45, 7) is 7.30. The Morgan fingerprint density at radius 3 is 2.46 bits per heavy atom. The van der Waals surface area contributed by atoms with Gasteiger partial charge in [0.15, 0.2) is 0 Å². The van der Waals surface area contributed by atoms with Crippen LogP contribution in [0.15, 0.2) is 41.3 Å². The zero-order valence-corrected chi connectivity index (χ0v) is 20.7. The molecule has 1 saturated carbocycles. The maximum atomic E-state index is 15.0. The van der Waals surface area contributed by atoms with Crippen LogP contribution in [0, 0.1) is 12.7 Å². The van der Waals surface area contributed by atoms with E-state index in [1.807, 2.05) is 13.0 Å². The fourth-order valence-corrected chi connectivity index (χ4v) is 4.42. The van der Waals surface area contributed by atoms with E-state index in [0.29, 0.717) is 11.1 Å². The van der Waals surface area contributed by atoms with Crippen molar-refractivity contribution in [2.45, 2.75) is 64.9 Å². The van der Waals surface area contributed by atoms with Crippen LogP contribution < -0.4 is 5.56 Å². The largest absolute Gasteiger partial charge is 0.465 e. The Bertz CT molecular complexity index is 1380. The van der Waals surface area contributed by atoms with Crippen molar-refractivity contribution in [1.29, 1.82) is 0 Å². The summed E-state index contributed by atoms with van der Waals surface area (Å²) in [5.41, 5.74) is 3.43. The van der Waals surface area contributed by atoms with Gasteiger partial charge in [0.05, 0.1) is 12.6 Å². The van der Waals surface area contributed by atoms with Gasteiger partial charge in [-0.3, -0.25) is 14.0 Å². The van der Waals surface area contributed by atoms with E-state index in [0.717, 1.165) is 35.0 Å². The minimum absolute atomic E-state index is 0.0134. The smallest absolute Gasteiger partial charge is 0.343 e. The zero-order chi connectivity index (χ0) is 25.5. The van der Waals surface area contributed by atoms with E-state index in [1.54, 1.807) is 45.2 Å². The van der Waals surface area contributed by atoms with E-state index in [2.05, 4.69) is 0 Å². The van der Waals surface area contributed by atoms with Gasteiger partial charge in [-0.25, -0.2) is 9.18 Å². The minimum atomic E-state index is -0.655. The molecule has 4 rings (SSSR count). The topological polar surface area (TPSA) is 74.1 Å². The number of ether oxygens (including phenoxy) is 2. The fourth-order valence-electron chi connectivity index (χ4n) is 4.42. The minimum Gasteiger partial charge on any atom is -0.465 e. The van der Waals surface area contributed by atoms with E-state index in [4.69, 9.17) is 9.47 Å². The van der Waals surface area contributed by atoms with Crippen LogP contribution in [0.5, 0.6) is 0 Å². The van der Waals surface area contributed by atoms with Gasteiger partial charge < -0.3 is 9.47 Å². The van der Waals surface area contributed by atoms with E-state index in [9.17, 15) is 18.8 Å². The first-order chi connectivity index (χ1) is 16.5. The predicted octanol–water partition coefficient (Wildman–Crippen LogP) is 5.35. The van der Waals surface area contributed by atoms with E-state index < -0.39 is 22.9 Å². The Morgan fingerprint density at radius 2 is 1.86 bits per heavy atom. The van der Waals surface area contributed by atoms with Crippen molar-refractivity contribution in [2.75, 3.05) is 7.11 Å². The number of esters is 2. The maximum absolute atomic E-state index is 15.0. The number of aromatic nitrogens is 1. The molecule has 0 amide bonds. The van der Waals surface area contributed by atoms with Gasteiger partial charge in [0.25, 0.3) is 5.56 Å². The van der Waals surface area contributed by atoms with Crippen LogP contribution >= 0.6 is 0 Å². The molecule has 35 heavy (non-hydrogen) atoms. The average molecular weight is 480 g/mol. The third-order valence-electron chi connectivity index (χ3n) is 6.22. The molecule has 0 spiro atoms. The highest BCUT2D eigenvalue weighted by Gasteiger charge is 2.29. The van der Waals surface area contributed by atoms with E-state index in [-0.39, 0.29) is 30.3 Å². The number of pyridine rings is 2. The van der Waals surface area contributed by atoms with Gasteiger partial charge in [-0.15, -0.1) is 0 Å². The molecule has 1 aliphatic rings. The second-order valence-electron chi connectivity index (χ2n) is 10.1. The number of hydrogen-bond donors (Lipinski definition) is 0. The number of hydrogen-bond acceptors (Lipinski definition) is 5. The maximum Gasteiger partial charge on any atom is 0.343 e. The van der Waals surface area contributed by atoms with Crippen LogP contribution in [0.4, 0.5) is 4.39 Å². The molecule has 0 atom stereocenters. The quantitative estimate of drug-likeness (QED) is 0.446. The fraction of sp³-hybridized carbons (Fsp3) is 0.393. The molecular formula is C28H30FNO5. The van der Waals surface area contributed by atoms with Crippen LogP contribution in [-0.4, -0.2) is 29.1 Å². The van der Waals surface area contributed by atoms with Crippen molar-refractivity contribution in [3.8, 4) is 11.1 Å². The molecule has 1 aromatic carbocycles. The number of carbonyl (C=O) groups is 2. The lowest BCUT2D eigenvalue weighted by molar-refractivity contribution is -0.154. The monoisotopic (exact) mass is 479 g/mol. The number of benzene rings is 1. The highest BCUT2D eigenvalue weighted by Crippen LogP contribution is 2.43. The SMILES string of the molecule is COC(=O)c1cc(C2CC2)c2c(C)c(-c3ccc(CCC(=O)OC(C)(C)C)c(F)c3)ccn2c1=O. The lowest BCUT2D eigenvalue weighted by Crippen LogP contribution is -2.24. The van der Waals surface area contributed by atoms with Crippen LogP contribution in [-0.2, 0) is 20.7 Å². The molecule has 0 radical (unpaired) electrons. The van der Waals surface area contributed by atoms with Crippen LogP contribution in [0.1, 0.15) is 73.0 Å². The summed E-state index contributed by atoms with van der Waals surface area (Å²) < 4.78 is 26.6. The third-order valence-corrected chi connectivity index (χ3v) is 6.22. The van der Waals surface area contributed by atoms with Crippen molar-refractivity contribution in [2.24, 2.45) is 0 Å². The van der Waals surface area contributed by atoms with Crippen LogP contribution in [0.2, 0.25) is 0 Å². The summed E-state index contributed by atoms with van der Waals surface area (Å²) >= 11 is 0. The predicted molar refractivity (Wildman–Crippen MR) is 131 cm³/mol. The first-order valence-electron chi connectivity index (χ1n) is 11.8. The second-order valence-corrected chi connectivity index (χ2v) is 10.1. The standard InChI is InChI=1S/C28H30FNO5/c1-16-20(19-9-8-18(23(29)14-19)10-11-24(31)35-28(2,3)4)12-13-30-25(16)21(17-6-7-17)15-22(26(30)32)27(33)34-5/h8-9,12-15,17H,6-7,10-11H2,1-5H3. The van der Waals surface area contributed by atoms with E-state index >= 15 is 0 Å². The van der Waals surface area contributed by atoms with Gasteiger partial charge in [0.1, 0.15) is 17.0 Å². The summed E-state index contributed by atoms with van der Waals surface area (Å²) in [7, 11) is 1.26. The number of nitrogens with zero attached hydrogens (tertiary/aromatic N) is 1. The number of halogens is 1. The van der Waals surface area contributed by atoms with Gasteiger partial charge in [0.2, 0.25) is 0 Å². The molecule has 6 nitrogen and oxygen atoms in total. The van der Waals surface area contributed by atoms with Gasteiger partial charge in [0, 0.05) is 12.6 Å². The van der Waals surface area contributed by atoms with Crippen molar-refractivity contribution in [3.05, 3.63) is 75.0 Å². The molecule has 0 saturated heterocycles. The molecule has 0 bridgehead atoms. The molecule has 1 aliphatic carbocycles. The molecular weight excluding hydrogens is 449 g/mol. The molecule has 0 N–H and O–H groups in total. The van der Waals surface area contributed by atoms with Crippen LogP contribution in [0.25, 0.3) is 16.6 Å². The van der Waals surface area contributed by atoms with E-state index in [1.165, 1.54) is 17.6 Å². The molecule has 184 valence electrons. The number of aryl methyl sites for hydroxylation is 2. The Kier molecular flexibility index (Phi) is 6.54. The van der Waals surface area contributed by atoms with Gasteiger partial charge >= 0.3 is 11.9 Å². The lowest BCUT2D eigenvalue weighted by Gasteiger charge is -2.19. The molecule has 0 unspecified atom stereocenters. The first kappa shape index (κ1) is 24.6. The Balaban J connectivity index is 1.70. The summed E-state index contributed by atoms with van der Waals surface area (Å²) in [6, 6.07) is 8.38. The molecule has 2 heterocycles. The zero-order valence-electron chi connectivity index (χ0n) is 20.7. The lowest BCUT2D eigenvalue weighted by atomic mass is 9.95. The highest BCUT2D eigenvalue weighted by atomic mass is 19.1. The second kappa shape index (κ2) is 9.29. The number of fused-ring (bicyclic) bond motifs is 1. The Labute approximate surface area is 203 Å². The van der Waals surface area contributed by atoms with Gasteiger partial charge in [-0.1, -0.05) is 12.1 Å². The molecule has 3 aromatic rings. The van der Waals surface area contributed by atoms with Gasteiger partial charge in [-0.2, -0.15) is 0 Å². The summed E-state index contributed by atoms with van der Waals surface area (Å²) in [5.74, 6) is -1.14. The number of rotatable bonds is 6. The molecule has 7 heteroatoms. The molecule has 0 aliphatic heterocycles. The van der Waals surface area contributed by atoms with Crippen molar-refractivity contribution >= 4 is 17.5 Å². The summed E-state index contributed by atoms with van der Waals surface area (Å²) in [5, 5.41) is 0. The van der Waals surface area contributed by atoms with Crippen molar-refractivity contribution in [3.63, 3.8) is 0 Å². The average Bonchev–Trinajstić information content (AvgIpc) is 3.62.